The standard InChI is InChI=1S/C32H52N4O5/c1-20(2)14-15-23(5)36(30(39)26(19-27(33)37)35-31(40)41-32(6,7)8)28(24-17-21(3)16-22(4)18-24)29(38)34-25-12-10-9-11-13-25/h16-18,20,23,25-26,28H,9-15,19H2,1-8H3,(H2,33,37)(H,34,38)(H,35,40). The Bertz CT molecular complexity index is 1040. The number of aryl methyl sites for hydroxylation is 2. The first-order valence-electron chi connectivity index (χ1n) is 15.1. The number of amides is 4. The fourth-order valence-corrected chi connectivity index (χ4v) is 5.48. The summed E-state index contributed by atoms with van der Waals surface area (Å²) in [5.41, 5.74) is 7.36. The number of benzene rings is 1. The number of carbonyl (C=O) groups excluding carboxylic acids is 4. The van der Waals surface area contributed by atoms with Gasteiger partial charge in [-0.2, -0.15) is 0 Å². The normalized spacial score (nSPS) is 16.4. The largest absolute Gasteiger partial charge is 0.444 e. The molecule has 1 aromatic rings. The second-order valence-electron chi connectivity index (χ2n) is 13.1. The first-order chi connectivity index (χ1) is 19.1. The summed E-state index contributed by atoms with van der Waals surface area (Å²) in [6.45, 7) is 15.2. The summed E-state index contributed by atoms with van der Waals surface area (Å²) in [6.07, 6.45) is 5.25. The number of hydrogen-bond acceptors (Lipinski definition) is 5. The molecule has 230 valence electrons. The predicted molar refractivity (Wildman–Crippen MR) is 161 cm³/mol. The molecule has 2 rings (SSSR count). The molecule has 0 spiro atoms. The van der Waals surface area contributed by atoms with E-state index in [1.165, 1.54) is 0 Å². The van der Waals surface area contributed by atoms with Crippen LogP contribution in [0.4, 0.5) is 4.79 Å². The van der Waals surface area contributed by atoms with Crippen molar-refractivity contribution in [1.82, 2.24) is 15.5 Å². The molecule has 4 N–H and O–H groups in total. The SMILES string of the molecule is Cc1cc(C)cc(C(C(=O)NC2CCCCC2)N(C(=O)C(CC(N)=O)NC(=O)OC(C)(C)C)C(C)CCC(C)C)c1. The van der Waals surface area contributed by atoms with Crippen LogP contribution in [0.1, 0.15) is 116 Å². The van der Waals surface area contributed by atoms with Gasteiger partial charge in [0.1, 0.15) is 17.7 Å². The smallest absolute Gasteiger partial charge is 0.408 e. The van der Waals surface area contributed by atoms with E-state index in [1.807, 2.05) is 39.0 Å². The molecule has 0 heterocycles. The molecule has 1 aliphatic rings. The topological polar surface area (TPSA) is 131 Å². The van der Waals surface area contributed by atoms with Crippen molar-refractivity contribution in [3.63, 3.8) is 0 Å². The summed E-state index contributed by atoms with van der Waals surface area (Å²) in [5, 5.41) is 5.80. The van der Waals surface area contributed by atoms with Crippen LogP contribution in [0.3, 0.4) is 0 Å². The molecular formula is C32H52N4O5. The first-order valence-corrected chi connectivity index (χ1v) is 15.1. The Kier molecular flexibility index (Phi) is 12.7. The highest BCUT2D eigenvalue weighted by molar-refractivity contribution is 5.94. The van der Waals surface area contributed by atoms with Crippen LogP contribution in [-0.4, -0.2) is 52.4 Å². The highest BCUT2D eigenvalue weighted by Crippen LogP contribution is 2.30. The van der Waals surface area contributed by atoms with Crippen LogP contribution in [0.2, 0.25) is 0 Å². The monoisotopic (exact) mass is 572 g/mol. The summed E-state index contributed by atoms with van der Waals surface area (Å²) in [4.78, 5) is 55.0. The van der Waals surface area contributed by atoms with Crippen LogP contribution >= 0.6 is 0 Å². The summed E-state index contributed by atoms with van der Waals surface area (Å²) >= 11 is 0. The van der Waals surface area contributed by atoms with Crippen molar-refractivity contribution >= 4 is 23.8 Å². The van der Waals surface area contributed by atoms with E-state index in [4.69, 9.17) is 10.5 Å². The van der Waals surface area contributed by atoms with Gasteiger partial charge >= 0.3 is 6.09 Å². The minimum atomic E-state index is -1.29. The molecule has 3 atom stereocenters. The third kappa shape index (κ3) is 11.4. The van der Waals surface area contributed by atoms with E-state index in [1.54, 1.807) is 25.7 Å². The van der Waals surface area contributed by atoms with Crippen molar-refractivity contribution in [2.24, 2.45) is 11.7 Å². The lowest BCUT2D eigenvalue weighted by Crippen LogP contribution is -2.57. The van der Waals surface area contributed by atoms with Crippen molar-refractivity contribution in [3.8, 4) is 0 Å². The van der Waals surface area contributed by atoms with E-state index in [0.29, 0.717) is 17.9 Å². The molecule has 0 aromatic heterocycles. The summed E-state index contributed by atoms with van der Waals surface area (Å²) < 4.78 is 5.39. The van der Waals surface area contributed by atoms with Gasteiger partial charge in [-0.05, 0) is 78.7 Å². The molecule has 4 amide bonds. The zero-order chi connectivity index (χ0) is 30.9. The quantitative estimate of drug-likeness (QED) is 0.316. The van der Waals surface area contributed by atoms with E-state index in [0.717, 1.165) is 49.7 Å². The van der Waals surface area contributed by atoms with Gasteiger partial charge in [-0.25, -0.2) is 4.79 Å². The maximum Gasteiger partial charge on any atom is 0.408 e. The van der Waals surface area contributed by atoms with Gasteiger partial charge in [0.2, 0.25) is 17.7 Å². The molecule has 1 aliphatic carbocycles. The molecule has 1 fully saturated rings. The molecule has 1 aromatic carbocycles. The summed E-state index contributed by atoms with van der Waals surface area (Å²) in [7, 11) is 0. The number of hydrogen-bond donors (Lipinski definition) is 3. The lowest BCUT2D eigenvalue weighted by Gasteiger charge is -2.39. The number of alkyl carbamates (subject to hydrolysis) is 1. The van der Waals surface area contributed by atoms with Gasteiger partial charge in [-0.1, -0.05) is 62.4 Å². The van der Waals surface area contributed by atoms with Gasteiger partial charge in [0.15, 0.2) is 0 Å². The Balaban J connectivity index is 2.61. The number of rotatable bonds is 12. The number of primary amides is 1. The summed E-state index contributed by atoms with van der Waals surface area (Å²) in [6, 6.07) is 3.29. The fourth-order valence-electron chi connectivity index (χ4n) is 5.48. The van der Waals surface area contributed by atoms with E-state index in [-0.39, 0.29) is 18.0 Å². The minimum absolute atomic E-state index is 0.0360. The molecule has 0 radical (unpaired) electrons. The molecule has 41 heavy (non-hydrogen) atoms. The zero-order valence-corrected chi connectivity index (χ0v) is 26.3. The maximum atomic E-state index is 14.4. The molecular weight excluding hydrogens is 520 g/mol. The Hall–Kier alpha value is -3.10. The van der Waals surface area contributed by atoms with Crippen LogP contribution < -0.4 is 16.4 Å². The average Bonchev–Trinajstić information content (AvgIpc) is 2.83. The zero-order valence-electron chi connectivity index (χ0n) is 26.3. The van der Waals surface area contributed by atoms with Gasteiger partial charge in [0, 0.05) is 12.1 Å². The van der Waals surface area contributed by atoms with E-state index in [9.17, 15) is 19.2 Å². The van der Waals surface area contributed by atoms with Crippen LogP contribution in [0.5, 0.6) is 0 Å². The third-order valence-corrected chi connectivity index (χ3v) is 7.32. The second-order valence-corrected chi connectivity index (χ2v) is 13.1. The van der Waals surface area contributed by atoms with Gasteiger partial charge < -0.3 is 26.0 Å². The van der Waals surface area contributed by atoms with Gasteiger partial charge in [-0.15, -0.1) is 0 Å². The third-order valence-electron chi connectivity index (χ3n) is 7.32. The van der Waals surface area contributed by atoms with Crippen molar-refractivity contribution in [1.29, 1.82) is 0 Å². The van der Waals surface area contributed by atoms with Gasteiger partial charge in [0.05, 0.1) is 6.42 Å². The molecule has 0 aliphatic heterocycles. The minimum Gasteiger partial charge on any atom is -0.444 e. The van der Waals surface area contributed by atoms with Crippen LogP contribution in [-0.2, 0) is 19.1 Å². The van der Waals surface area contributed by atoms with Crippen molar-refractivity contribution in [2.45, 2.75) is 137 Å². The van der Waals surface area contributed by atoms with Crippen molar-refractivity contribution in [3.05, 3.63) is 34.9 Å². The number of nitrogens with one attached hydrogen (secondary N) is 2. The van der Waals surface area contributed by atoms with E-state index >= 15 is 0 Å². The van der Waals surface area contributed by atoms with Gasteiger partial charge in [0.25, 0.3) is 0 Å². The first kappa shape index (κ1) is 34.1. The van der Waals surface area contributed by atoms with E-state index in [2.05, 4.69) is 24.5 Å². The van der Waals surface area contributed by atoms with Crippen molar-refractivity contribution < 1.29 is 23.9 Å². The van der Waals surface area contributed by atoms with Gasteiger partial charge in [-0.3, -0.25) is 14.4 Å². The predicted octanol–water partition coefficient (Wildman–Crippen LogP) is 5.22. The number of carbonyl (C=O) groups is 4. The van der Waals surface area contributed by atoms with Crippen LogP contribution in [0.15, 0.2) is 18.2 Å². The van der Waals surface area contributed by atoms with Crippen molar-refractivity contribution in [2.75, 3.05) is 0 Å². The van der Waals surface area contributed by atoms with Crippen LogP contribution in [0, 0.1) is 19.8 Å². The maximum absolute atomic E-state index is 14.4. The molecule has 0 saturated heterocycles. The average molecular weight is 573 g/mol. The molecule has 0 bridgehead atoms. The number of nitrogens with zero attached hydrogens (tertiary/aromatic N) is 1. The lowest BCUT2D eigenvalue weighted by atomic mass is 9.92. The Morgan fingerprint density at radius 1 is 0.976 bits per heavy atom. The number of nitrogens with two attached hydrogens (primary N) is 1. The molecule has 9 heteroatoms. The van der Waals surface area contributed by atoms with Crippen LogP contribution in [0.25, 0.3) is 0 Å². The Morgan fingerprint density at radius 2 is 1.56 bits per heavy atom. The van der Waals surface area contributed by atoms with E-state index < -0.39 is 42.0 Å². The highest BCUT2D eigenvalue weighted by Gasteiger charge is 2.40. The number of ether oxygens (including phenoxy) is 1. The Labute approximate surface area is 246 Å². The summed E-state index contributed by atoms with van der Waals surface area (Å²) in [5.74, 6) is -1.18. The molecule has 1 saturated carbocycles. The molecule has 9 nitrogen and oxygen atoms in total. The molecule has 3 unspecified atom stereocenters. The lowest BCUT2D eigenvalue weighted by molar-refractivity contribution is -0.146. The second kappa shape index (κ2) is 15.2. The Morgan fingerprint density at radius 3 is 2.07 bits per heavy atom. The fraction of sp³-hybridized carbons (Fsp3) is 0.688. The highest BCUT2D eigenvalue weighted by atomic mass is 16.6.